The number of benzene rings is 1. The van der Waals surface area contributed by atoms with Crippen molar-refractivity contribution in [1.82, 2.24) is 0 Å². The van der Waals surface area contributed by atoms with Crippen LogP contribution in [-0.2, 0) is 6.42 Å². The van der Waals surface area contributed by atoms with E-state index >= 15 is 0 Å². The molecular formula is C21H29F3. The summed E-state index contributed by atoms with van der Waals surface area (Å²) in [6.45, 7) is 2.07. The summed E-state index contributed by atoms with van der Waals surface area (Å²) in [5.41, 5.74) is 0.567. The average molecular weight is 338 g/mol. The molecule has 3 heteroatoms. The highest BCUT2D eigenvalue weighted by Gasteiger charge is 2.21. The molecule has 1 fully saturated rings. The molecule has 0 aromatic heterocycles. The highest BCUT2D eigenvalue weighted by molar-refractivity contribution is 5.19. The van der Waals surface area contributed by atoms with E-state index in [4.69, 9.17) is 0 Å². The van der Waals surface area contributed by atoms with E-state index in [1.807, 2.05) is 0 Å². The zero-order chi connectivity index (χ0) is 17.4. The largest absolute Gasteiger partial charge is 0.204 e. The fourth-order valence-electron chi connectivity index (χ4n) is 3.79. The third kappa shape index (κ3) is 5.99. The number of allylic oxidation sites excluding steroid dienone is 2. The van der Waals surface area contributed by atoms with Gasteiger partial charge in [0.25, 0.3) is 0 Å². The molecule has 1 aliphatic carbocycles. The quantitative estimate of drug-likeness (QED) is 0.272. The van der Waals surface area contributed by atoms with Gasteiger partial charge in [-0.05, 0) is 62.1 Å². The molecular weight excluding hydrogens is 309 g/mol. The third-order valence-corrected chi connectivity index (χ3v) is 5.32. The highest BCUT2D eigenvalue weighted by atomic mass is 19.2. The Morgan fingerprint density at radius 2 is 1.50 bits per heavy atom. The first-order valence-corrected chi connectivity index (χ1v) is 9.34. The Labute approximate surface area is 144 Å². The lowest BCUT2D eigenvalue weighted by atomic mass is 9.78. The molecule has 0 aliphatic heterocycles. The second-order valence-electron chi connectivity index (χ2n) is 7.15. The minimum atomic E-state index is -1.37. The standard InChI is InChI=1S/C21H29F3/c1-2-3-4-5-6-7-16-8-10-17(11-9-16)12-13-18-14-19(22)21(24)20(23)15-18/h2-3,14-17H,4-13H2,1H3/b3-2+/t16-,17-. The number of hydrogen-bond donors (Lipinski definition) is 0. The molecule has 2 rings (SSSR count). The van der Waals surface area contributed by atoms with Crippen molar-refractivity contribution in [3.05, 3.63) is 47.3 Å². The summed E-state index contributed by atoms with van der Waals surface area (Å²) >= 11 is 0. The number of halogens is 3. The van der Waals surface area contributed by atoms with Crippen molar-refractivity contribution in [3.8, 4) is 0 Å². The molecule has 0 N–H and O–H groups in total. The SMILES string of the molecule is C/C=C/CCCC[C@H]1CC[C@H](CCc2cc(F)c(F)c(F)c2)CC1. The molecule has 0 bridgehead atoms. The van der Waals surface area contributed by atoms with E-state index < -0.39 is 17.5 Å². The molecule has 0 spiro atoms. The number of hydrogen-bond acceptors (Lipinski definition) is 0. The van der Waals surface area contributed by atoms with Crippen LogP contribution in [0.5, 0.6) is 0 Å². The number of aryl methyl sites for hydroxylation is 1. The van der Waals surface area contributed by atoms with Crippen LogP contribution in [0.15, 0.2) is 24.3 Å². The molecule has 0 heterocycles. The molecule has 0 nitrogen and oxygen atoms in total. The maximum absolute atomic E-state index is 13.2. The van der Waals surface area contributed by atoms with E-state index in [0.717, 1.165) is 24.5 Å². The summed E-state index contributed by atoms with van der Waals surface area (Å²) in [6, 6.07) is 2.27. The van der Waals surface area contributed by atoms with Gasteiger partial charge < -0.3 is 0 Å². The van der Waals surface area contributed by atoms with E-state index in [2.05, 4.69) is 19.1 Å². The first kappa shape index (κ1) is 19.1. The summed E-state index contributed by atoms with van der Waals surface area (Å²) in [7, 11) is 0. The summed E-state index contributed by atoms with van der Waals surface area (Å²) < 4.78 is 39.4. The lowest BCUT2D eigenvalue weighted by molar-refractivity contribution is 0.249. The molecule has 1 aliphatic rings. The molecule has 0 unspecified atom stereocenters. The highest BCUT2D eigenvalue weighted by Crippen LogP contribution is 2.34. The van der Waals surface area contributed by atoms with Gasteiger partial charge in [-0.2, -0.15) is 0 Å². The molecule has 0 saturated heterocycles. The van der Waals surface area contributed by atoms with Crippen LogP contribution in [0.4, 0.5) is 13.2 Å². The fraction of sp³-hybridized carbons (Fsp3) is 0.619. The molecule has 0 amide bonds. The van der Waals surface area contributed by atoms with Gasteiger partial charge in [-0.25, -0.2) is 13.2 Å². The van der Waals surface area contributed by atoms with Crippen molar-refractivity contribution in [2.75, 3.05) is 0 Å². The minimum Gasteiger partial charge on any atom is -0.204 e. The van der Waals surface area contributed by atoms with Crippen LogP contribution in [0.3, 0.4) is 0 Å². The van der Waals surface area contributed by atoms with Crippen LogP contribution in [0.25, 0.3) is 0 Å². The number of unbranched alkanes of at least 4 members (excludes halogenated alkanes) is 2. The Balaban J connectivity index is 1.66. The average Bonchev–Trinajstić information content (AvgIpc) is 2.58. The van der Waals surface area contributed by atoms with E-state index in [-0.39, 0.29) is 0 Å². The van der Waals surface area contributed by atoms with Gasteiger partial charge in [-0.1, -0.05) is 50.7 Å². The molecule has 1 aromatic rings. The summed E-state index contributed by atoms with van der Waals surface area (Å²) in [5.74, 6) is -2.03. The third-order valence-electron chi connectivity index (χ3n) is 5.32. The Kier molecular flexibility index (Phi) is 7.87. The van der Waals surface area contributed by atoms with Gasteiger partial charge in [-0.15, -0.1) is 0 Å². The molecule has 0 radical (unpaired) electrons. The molecule has 24 heavy (non-hydrogen) atoms. The van der Waals surface area contributed by atoms with Crippen LogP contribution < -0.4 is 0 Å². The van der Waals surface area contributed by atoms with Gasteiger partial charge in [0.05, 0.1) is 0 Å². The van der Waals surface area contributed by atoms with Gasteiger partial charge in [-0.3, -0.25) is 0 Å². The Hall–Kier alpha value is -1.25. The smallest absolute Gasteiger partial charge is 0.194 e. The van der Waals surface area contributed by atoms with Crippen molar-refractivity contribution >= 4 is 0 Å². The van der Waals surface area contributed by atoms with Crippen molar-refractivity contribution in [1.29, 1.82) is 0 Å². The zero-order valence-electron chi connectivity index (χ0n) is 14.7. The van der Waals surface area contributed by atoms with E-state index in [9.17, 15) is 13.2 Å². The van der Waals surface area contributed by atoms with Crippen molar-refractivity contribution in [2.45, 2.75) is 71.1 Å². The lowest BCUT2D eigenvalue weighted by Gasteiger charge is -2.28. The Bertz CT molecular complexity index is 505. The minimum absolute atomic E-state index is 0.567. The lowest BCUT2D eigenvalue weighted by Crippen LogP contribution is -2.15. The van der Waals surface area contributed by atoms with E-state index in [0.29, 0.717) is 17.9 Å². The first-order valence-electron chi connectivity index (χ1n) is 9.34. The summed E-state index contributed by atoms with van der Waals surface area (Å²) in [5, 5.41) is 0. The number of rotatable bonds is 8. The van der Waals surface area contributed by atoms with Gasteiger partial charge in [0.15, 0.2) is 17.5 Å². The second-order valence-corrected chi connectivity index (χ2v) is 7.15. The monoisotopic (exact) mass is 338 g/mol. The van der Waals surface area contributed by atoms with Crippen LogP contribution in [-0.4, -0.2) is 0 Å². The second kappa shape index (κ2) is 9.90. The zero-order valence-corrected chi connectivity index (χ0v) is 14.7. The van der Waals surface area contributed by atoms with Gasteiger partial charge in [0.2, 0.25) is 0 Å². The molecule has 0 atom stereocenters. The van der Waals surface area contributed by atoms with Crippen LogP contribution >= 0.6 is 0 Å². The van der Waals surface area contributed by atoms with E-state index in [1.165, 1.54) is 51.4 Å². The van der Waals surface area contributed by atoms with Crippen molar-refractivity contribution in [2.24, 2.45) is 11.8 Å². The normalized spacial score (nSPS) is 21.5. The van der Waals surface area contributed by atoms with Gasteiger partial charge in [0.1, 0.15) is 0 Å². The van der Waals surface area contributed by atoms with Crippen LogP contribution in [0.2, 0.25) is 0 Å². The topological polar surface area (TPSA) is 0 Å². The maximum Gasteiger partial charge on any atom is 0.194 e. The molecule has 1 aromatic carbocycles. The maximum atomic E-state index is 13.2. The summed E-state index contributed by atoms with van der Waals surface area (Å²) in [6.07, 6.45) is 16.0. The Morgan fingerprint density at radius 1 is 0.917 bits per heavy atom. The molecule has 134 valence electrons. The predicted octanol–water partition coefficient (Wildman–Crippen LogP) is 6.98. The van der Waals surface area contributed by atoms with Crippen molar-refractivity contribution in [3.63, 3.8) is 0 Å². The molecule has 1 saturated carbocycles. The fourth-order valence-corrected chi connectivity index (χ4v) is 3.79. The van der Waals surface area contributed by atoms with Crippen molar-refractivity contribution < 1.29 is 13.2 Å². The first-order chi connectivity index (χ1) is 11.6. The van der Waals surface area contributed by atoms with Crippen LogP contribution in [0.1, 0.15) is 70.3 Å². The summed E-state index contributed by atoms with van der Waals surface area (Å²) in [4.78, 5) is 0. The van der Waals surface area contributed by atoms with Gasteiger partial charge >= 0.3 is 0 Å². The Morgan fingerprint density at radius 3 is 2.08 bits per heavy atom. The van der Waals surface area contributed by atoms with Gasteiger partial charge in [0, 0.05) is 0 Å². The van der Waals surface area contributed by atoms with E-state index in [1.54, 1.807) is 0 Å². The predicted molar refractivity (Wildman–Crippen MR) is 93.4 cm³/mol. The van der Waals surface area contributed by atoms with Crippen LogP contribution in [0, 0.1) is 29.3 Å².